The Balaban J connectivity index is 1.57. The lowest BCUT2D eigenvalue weighted by atomic mass is 10.2. The smallest absolute Gasteiger partial charge is 0.370 e. The summed E-state index contributed by atoms with van der Waals surface area (Å²) in [7, 11) is 0. The van der Waals surface area contributed by atoms with Crippen LogP contribution in [-0.2, 0) is 6.18 Å². The number of pyridine rings is 1. The summed E-state index contributed by atoms with van der Waals surface area (Å²) >= 11 is 6.54. The van der Waals surface area contributed by atoms with Crippen molar-refractivity contribution in [1.29, 1.82) is 0 Å². The van der Waals surface area contributed by atoms with Crippen molar-refractivity contribution in [3.63, 3.8) is 0 Å². The molecule has 1 atom stereocenters. The van der Waals surface area contributed by atoms with Gasteiger partial charge in [0.1, 0.15) is 33.5 Å². The van der Waals surface area contributed by atoms with E-state index in [0.717, 1.165) is 43.6 Å². The number of nitrogens with one attached hydrogen (secondary N) is 3. The zero-order valence-electron chi connectivity index (χ0n) is 21.5. The van der Waals surface area contributed by atoms with Crippen LogP contribution in [-0.4, -0.2) is 62.8 Å². The van der Waals surface area contributed by atoms with E-state index in [9.17, 15) is 22.8 Å². The number of anilines is 2. The number of nitrogens with zero attached hydrogens (tertiary/aromatic N) is 5. The molecule has 0 saturated heterocycles. The van der Waals surface area contributed by atoms with Gasteiger partial charge in [-0.15, -0.1) is 11.3 Å². The minimum absolute atomic E-state index is 0.120. The van der Waals surface area contributed by atoms with E-state index in [0.29, 0.717) is 23.4 Å². The van der Waals surface area contributed by atoms with Crippen LogP contribution in [0.2, 0.25) is 5.02 Å². The van der Waals surface area contributed by atoms with E-state index in [-0.39, 0.29) is 16.4 Å². The van der Waals surface area contributed by atoms with Gasteiger partial charge in [-0.25, -0.2) is 19.9 Å². The Morgan fingerprint density at radius 1 is 1.05 bits per heavy atom. The first kappa shape index (κ1) is 30.2. The Bertz CT molecular complexity index is 1290. The topological polar surface area (TPSA) is 125 Å². The van der Waals surface area contributed by atoms with E-state index in [2.05, 4.69) is 54.6 Å². The zero-order chi connectivity index (χ0) is 28.6. The number of hydrogen-bond donors (Lipinski definition) is 3. The Kier molecular flexibility index (Phi) is 10.5. The van der Waals surface area contributed by atoms with E-state index in [1.54, 1.807) is 13.0 Å². The molecule has 15 heteroatoms. The van der Waals surface area contributed by atoms with Gasteiger partial charge in [0.25, 0.3) is 11.8 Å². The minimum atomic E-state index is -4.70. The second kappa shape index (κ2) is 13.6. The Morgan fingerprint density at radius 2 is 1.79 bits per heavy atom. The predicted molar refractivity (Wildman–Crippen MR) is 143 cm³/mol. The van der Waals surface area contributed by atoms with Crippen molar-refractivity contribution in [3.05, 3.63) is 57.0 Å². The molecule has 0 saturated carbocycles. The number of carbonyl (C=O) groups is 2. The van der Waals surface area contributed by atoms with E-state index in [1.165, 1.54) is 12.5 Å². The zero-order valence-corrected chi connectivity index (χ0v) is 23.0. The van der Waals surface area contributed by atoms with Crippen LogP contribution in [0.5, 0.6) is 0 Å². The third kappa shape index (κ3) is 8.57. The number of halogens is 4. The lowest BCUT2D eigenvalue weighted by Crippen LogP contribution is -2.27. The Labute approximate surface area is 232 Å². The van der Waals surface area contributed by atoms with Crippen LogP contribution < -0.4 is 16.0 Å². The summed E-state index contributed by atoms with van der Waals surface area (Å²) in [5, 5.41) is 8.10. The summed E-state index contributed by atoms with van der Waals surface area (Å²) in [6.45, 7) is 9.53. The first-order valence-corrected chi connectivity index (χ1v) is 13.3. The third-order valence-corrected chi connectivity index (χ3v) is 7.10. The molecule has 1 unspecified atom stereocenters. The maximum Gasteiger partial charge on any atom is 0.418 e. The standard InChI is InChI=1S/C24H28ClF3N8O2S/c1-4-36(5-2)8-6-7-29-19-10-17(32-13-33-19)21(37)34-14(3)23-31-12-18(39-23)22(38)35-20-9-15(24(26,27)28)16(25)11-30-20/h9-14H,4-8H2,1-3H3,(H,34,37)(H,29,32,33)(H,30,35,38). The van der Waals surface area contributed by atoms with Gasteiger partial charge in [-0.3, -0.25) is 9.59 Å². The second-order valence-electron chi connectivity index (χ2n) is 8.35. The van der Waals surface area contributed by atoms with Crippen LogP contribution in [0.1, 0.15) is 64.0 Å². The molecule has 0 radical (unpaired) electrons. The van der Waals surface area contributed by atoms with Gasteiger partial charge in [-0.05, 0) is 39.0 Å². The van der Waals surface area contributed by atoms with Crippen LogP contribution in [0.3, 0.4) is 0 Å². The molecule has 0 bridgehead atoms. The highest BCUT2D eigenvalue weighted by Gasteiger charge is 2.34. The largest absolute Gasteiger partial charge is 0.418 e. The molecule has 3 heterocycles. The van der Waals surface area contributed by atoms with Crippen LogP contribution in [0.4, 0.5) is 24.8 Å². The van der Waals surface area contributed by atoms with E-state index in [4.69, 9.17) is 11.6 Å². The average Bonchev–Trinajstić information content (AvgIpc) is 3.40. The number of aromatic nitrogens is 4. The molecular weight excluding hydrogens is 557 g/mol. The Hall–Kier alpha value is -3.36. The van der Waals surface area contributed by atoms with Gasteiger partial charge in [-0.1, -0.05) is 25.4 Å². The van der Waals surface area contributed by atoms with Gasteiger partial charge in [0.15, 0.2) is 0 Å². The molecule has 0 aliphatic carbocycles. The lowest BCUT2D eigenvalue weighted by Gasteiger charge is -2.17. The van der Waals surface area contributed by atoms with Crippen molar-refractivity contribution in [1.82, 2.24) is 30.2 Å². The number of carbonyl (C=O) groups excluding carboxylic acids is 2. The van der Waals surface area contributed by atoms with E-state index >= 15 is 0 Å². The molecule has 210 valence electrons. The fourth-order valence-corrected chi connectivity index (χ4v) is 4.49. The number of amides is 2. The van der Waals surface area contributed by atoms with Crippen LogP contribution in [0, 0.1) is 0 Å². The molecule has 0 aromatic carbocycles. The molecule has 3 N–H and O–H groups in total. The van der Waals surface area contributed by atoms with Gasteiger partial charge >= 0.3 is 6.18 Å². The SMILES string of the molecule is CCN(CC)CCCNc1cc(C(=O)NC(C)c2ncc(C(=O)Nc3cc(C(F)(F)F)c(Cl)cn3)s2)ncn1. The average molecular weight is 585 g/mol. The normalized spacial score (nSPS) is 12.3. The molecular formula is C24H28ClF3N8O2S. The predicted octanol–water partition coefficient (Wildman–Crippen LogP) is 4.89. The molecule has 3 aromatic heterocycles. The van der Waals surface area contributed by atoms with Crippen LogP contribution >= 0.6 is 22.9 Å². The van der Waals surface area contributed by atoms with E-state index < -0.39 is 34.6 Å². The number of hydrogen-bond acceptors (Lipinski definition) is 9. The lowest BCUT2D eigenvalue weighted by molar-refractivity contribution is -0.137. The molecule has 3 aromatic rings. The quantitative estimate of drug-likeness (QED) is 0.257. The summed E-state index contributed by atoms with van der Waals surface area (Å²) in [6, 6.07) is 1.63. The van der Waals surface area contributed by atoms with Crippen molar-refractivity contribution in [3.8, 4) is 0 Å². The minimum Gasteiger partial charge on any atom is -0.370 e. The highest BCUT2D eigenvalue weighted by molar-refractivity contribution is 7.13. The molecule has 0 aliphatic rings. The highest BCUT2D eigenvalue weighted by Crippen LogP contribution is 2.35. The summed E-state index contributed by atoms with van der Waals surface area (Å²) in [4.78, 5) is 43.8. The maximum atomic E-state index is 13.1. The van der Waals surface area contributed by atoms with Gasteiger partial charge in [0, 0.05) is 18.8 Å². The number of thiazole rings is 1. The maximum absolute atomic E-state index is 13.1. The monoisotopic (exact) mass is 584 g/mol. The van der Waals surface area contributed by atoms with Crippen molar-refractivity contribution >= 4 is 46.4 Å². The van der Waals surface area contributed by atoms with Gasteiger partial charge < -0.3 is 20.9 Å². The van der Waals surface area contributed by atoms with Gasteiger partial charge in [0.2, 0.25) is 0 Å². The van der Waals surface area contributed by atoms with Gasteiger partial charge in [-0.2, -0.15) is 13.2 Å². The second-order valence-corrected chi connectivity index (χ2v) is 9.82. The summed E-state index contributed by atoms with van der Waals surface area (Å²) < 4.78 is 39.2. The molecule has 0 fully saturated rings. The molecule has 0 spiro atoms. The highest BCUT2D eigenvalue weighted by atomic mass is 35.5. The molecule has 3 rings (SSSR count). The fourth-order valence-electron chi connectivity index (χ4n) is 3.46. The summed E-state index contributed by atoms with van der Waals surface area (Å²) in [5.74, 6) is -0.940. The first-order chi connectivity index (χ1) is 18.5. The van der Waals surface area contributed by atoms with E-state index in [1.807, 2.05) is 0 Å². The molecule has 2 amide bonds. The van der Waals surface area contributed by atoms with Crippen LogP contribution in [0.15, 0.2) is 30.9 Å². The van der Waals surface area contributed by atoms with Crippen molar-refractivity contribution < 1.29 is 22.8 Å². The molecule has 0 aliphatic heterocycles. The fraction of sp³-hybridized carbons (Fsp3) is 0.417. The van der Waals surface area contributed by atoms with Gasteiger partial charge in [0.05, 0.1) is 22.8 Å². The third-order valence-electron chi connectivity index (χ3n) is 5.62. The first-order valence-electron chi connectivity index (χ1n) is 12.1. The van der Waals surface area contributed by atoms with Crippen molar-refractivity contribution in [2.45, 2.75) is 39.4 Å². The summed E-state index contributed by atoms with van der Waals surface area (Å²) in [5.41, 5.74) is -0.953. The van der Waals surface area contributed by atoms with Crippen LogP contribution in [0.25, 0.3) is 0 Å². The van der Waals surface area contributed by atoms with Crippen molar-refractivity contribution in [2.24, 2.45) is 0 Å². The number of alkyl halides is 3. The molecule has 39 heavy (non-hydrogen) atoms. The number of rotatable bonds is 12. The summed E-state index contributed by atoms with van der Waals surface area (Å²) in [6.07, 6.45) is -0.398. The molecule has 10 nitrogen and oxygen atoms in total. The Morgan fingerprint density at radius 3 is 2.49 bits per heavy atom. The van der Waals surface area contributed by atoms with Crippen molar-refractivity contribution in [2.75, 3.05) is 36.8 Å².